The maximum atomic E-state index is 13.0. The van der Waals surface area contributed by atoms with Crippen LogP contribution in [0.4, 0.5) is 15.8 Å². The number of hydrogen-bond acceptors (Lipinski definition) is 2. The van der Waals surface area contributed by atoms with Crippen molar-refractivity contribution < 1.29 is 4.39 Å². The van der Waals surface area contributed by atoms with Crippen LogP contribution in [0.15, 0.2) is 12.1 Å². The number of nitrogen functional groups attached to an aromatic ring is 1. The summed E-state index contributed by atoms with van der Waals surface area (Å²) in [6, 6.07) is 3.01. The maximum absolute atomic E-state index is 13.0. The molecule has 84 valence electrons. The Balaban J connectivity index is 2.91. The summed E-state index contributed by atoms with van der Waals surface area (Å²) in [5.41, 5.74) is 6.74. The first-order valence-corrected chi connectivity index (χ1v) is 5.30. The van der Waals surface area contributed by atoms with Crippen LogP contribution in [0, 0.1) is 11.7 Å². The summed E-state index contributed by atoms with van der Waals surface area (Å²) in [5, 5.41) is 3.29. The topological polar surface area (TPSA) is 38.0 Å². The maximum Gasteiger partial charge on any atom is 0.143 e. The molecule has 0 radical (unpaired) electrons. The third kappa shape index (κ3) is 2.99. The Morgan fingerprint density at radius 1 is 1.33 bits per heavy atom. The van der Waals surface area contributed by atoms with Crippen LogP contribution in [0.5, 0.6) is 0 Å². The third-order valence-electron chi connectivity index (χ3n) is 2.48. The van der Waals surface area contributed by atoms with Gasteiger partial charge in [-0.15, -0.1) is 0 Å². The van der Waals surface area contributed by atoms with Gasteiger partial charge in [0.05, 0.1) is 16.4 Å². The summed E-state index contributed by atoms with van der Waals surface area (Å²) < 4.78 is 13.0. The standard InChI is InChI=1S/C11H16ClFN2/c1-6(2)7(3)15-11-4-8(12)9(13)5-10(11)14/h4-7,15H,14H2,1-3H3. The van der Waals surface area contributed by atoms with Crippen LogP contribution in [0.2, 0.25) is 5.02 Å². The van der Waals surface area contributed by atoms with Gasteiger partial charge in [-0.25, -0.2) is 4.39 Å². The first-order valence-electron chi connectivity index (χ1n) is 4.93. The Labute approximate surface area is 94.6 Å². The highest BCUT2D eigenvalue weighted by molar-refractivity contribution is 6.31. The van der Waals surface area contributed by atoms with Gasteiger partial charge in [0.2, 0.25) is 0 Å². The molecule has 0 amide bonds. The molecule has 0 heterocycles. The van der Waals surface area contributed by atoms with Crippen LogP contribution in [-0.4, -0.2) is 6.04 Å². The second-order valence-corrected chi connectivity index (χ2v) is 4.44. The molecule has 1 aromatic carbocycles. The zero-order valence-corrected chi connectivity index (χ0v) is 9.90. The normalized spacial score (nSPS) is 12.9. The van der Waals surface area contributed by atoms with E-state index in [-0.39, 0.29) is 11.1 Å². The molecule has 3 N–H and O–H groups in total. The predicted molar refractivity (Wildman–Crippen MR) is 63.7 cm³/mol. The lowest BCUT2D eigenvalue weighted by Gasteiger charge is -2.20. The van der Waals surface area contributed by atoms with Gasteiger partial charge in [0, 0.05) is 12.1 Å². The fourth-order valence-corrected chi connectivity index (χ4v) is 1.26. The average molecular weight is 231 g/mol. The highest BCUT2D eigenvalue weighted by atomic mass is 35.5. The SMILES string of the molecule is CC(C)C(C)Nc1cc(Cl)c(F)cc1N. The van der Waals surface area contributed by atoms with Gasteiger partial charge in [0.15, 0.2) is 0 Å². The molecule has 4 heteroatoms. The van der Waals surface area contributed by atoms with Crippen molar-refractivity contribution in [3.8, 4) is 0 Å². The van der Waals surface area contributed by atoms with Crippen molar-refractivity contribution in [1.82, 2.24) is 0 Å². The molecular weight excluding hydrogens is 215 g/mol. The van der Waals surface area contributed by atoms with Gasteiger partial charge in [0.25, 0.3) is 0 Å². The summed E-state index contributed by atoms with van der Waals surface area (Å²) in [7, 11) is 0. The van der Waals surface area contributed by atoms with Crippen LogP contribution >= 0.6 is 11.6 Å². The lowest BCUT2D eigenvalue weighted by molar-refractivity contribution is 0.560. The lowest BCUT2D eigenvalue weighted by atomic mass is 10.1. The molecule has 0 fully saturated rings. The summed E-state index contributed by atoms with van der Waals surface area (Å²) in [4.78, 5) is 0. The number of benzene rings is 1. The number of anilines is 2. The Kier molecular flexibility index (Phi) is 3.80. The molecule has 15 heavy (non-hydrogen) atoms. The van der Waals surface area contributed by atoms with Gasteiger partial charge in [-0.3, -0.25) is 0 Å². The van der Waals surface area contributed by atoms with E-state index in [1.807, 2.05) is 6.92 Å². The molecule has 2 nitrogen and oxygen atoms in total. The van der Waals surface area contributed by atoms with E-state index >= 15 is 0 Å². The van der Waals surface area contributed by atoms with Crippen molar-refractivity contribution >= 4 is 23.0 Å². The smallest absolute Gasteiger partial charge is 0.143 e. The molecule has 1 aromatic rings. The molecule has 0 aliphatic heterocycles. The molecule has 1 atom stereocenters. The summed E-state index contributed by atoms with van der Waals surface area (Å²) in [6.07, 6.45) is 0. The van der Waals surface area contributed by atoms with Gasteiger partial charge in [-0.2, -0.15) is 0 Å². The Morgan fingerprint density at radius 2 is 1.93 bits per heavy atom. The van der Waals surface area contributed by atoms with E-state index in [4.69, 9.17) is 17.3 Å². The van der Waals surface area contributed by atoms with Crippen molar-refractivity contribution in [2.24, 2.45) is 5.92 Å². The number of rotatable bonds is 3. The zero-order chi connectivity index (χ0) is 11.6. The third-order valence-corrected chi connectivity index (χ3v) is 2.77. The summed E-state index contributed by atoms with van der Waals surface area (Å²) in [5.74, 6) is -0.0230. The van der Waals surface area contributed by atoms with Crippen molar-refractivity contribution in [3.63, 3.8) is 0 Å². The van der Waals surface area contributed by atoms with Crippen LogP contribution < -0.4 is 11.1 Å². The molecule has 0 aromatic heterocycles. The van der Waals surface area contributed by atoms with Gasteiger partial charge in [-0.1, -0.05) is 25.4 Å². The van der Waals surface area contributed by atoms with Crippen molar-refractivity contribution in [1.29, 1.82) is 0 Å². The lowest BCUT2D eigenvalue weighted by Crippen LogP contribution is -2.22. The van der Waals surface area contributed by atoms with E-state index in [0.29, 0.717) is 17.3 Å². The molecule has 0 spiro atoms. The molecule has 0 aliphatic rings. The first-order chi connectivity index (χ1) is 6.91. The number of hydrogen-bond donors (Lipinski definition) is 2. The quantitative estimate of drug-likeness (QED) is 0.780. The Bertz CT molecular complexity index is 353. The fourth-order valence-electron chi connectivity index (χ4n) is 1.10. The molecule has 0 aliphatic carbocycles. The largest absolute Gasteiger partial charge is 0.397 e. The second-order valence-electron chi connectivity index (χ2n) is 4.03. The molecule has 0 bridgehead atoms. The zero-order valence-electron chi connectivity index (χ0n) is 9.14. The van der Waals surface area contributed by atoms with E-state index in [9.17, 15) is 4.39 Å². The number of halogens is 2. The van der Waals surface area contributed by atoms with Crippen molar-refractivity contribution in [2.75, 3.05) is 11.1 Å². The van der Waals surface area contributed by atoms with Crippen LogP contribution in [0.1, 0.15) is 20.8 Å². The number of nitrogens with one attached hydrogen (secondary N) is 1. The van der Waals surface area contributed by atoms with E-state index in [2.05, 4.69) is 19.2 Å². The van der Waals surface area contributed by atoms with Gasteiger partial charge < -0.3 is 11.1 Å². The minimum absolute atomic E-state index is 0.0858. The van der Waals surface area contributed by atoms with E-state index in [0.717, 1.165) is 0 Å². The Morgan fingerprint density at radius 3 is 2.47 bits per heavy atom. The minimum Gasteiger partial charge on any atom is -0.397 e. The summed E-state index contributed by atoms with van der Waals surface area (Å²) in [6.45, 7) is 6.24. The predicted octanol–water partition coefficient (Wildman–Crippen LogP) is 3.52. The van der Waals surface area contributed by atoms with Crippen molar-refractivity contribution in [2.45, 2.75) is 26.8 Å². The van der Waals surface area contributed by atoms with Crippen LogP contribution in [0.25, 0.3) is 0 Å². The van der Waals surface area contributed by atoms with Crippen LogP contribution in [-0.2, 0) is 0 Å². The number of nitrogens with two attached hydrogens (primary N) is 1. The van der Waals surface area contributed by atoms with Crippen LogP contribution in [0.3, 0.4) is 0 Å². The Hall–Kier alpha value is -0.960. The summed E-state index contributed by atoms with van der Waals surface area (Å²) >= 11 is 5.68. The van der Waals surface area contributed by atoms with Gasteiger partial charge in [0.1, 0.15) is 5.82 Å². The monoisotopic (exact) mass is 230 g/mol. The molecule has 1 unspecified atom stereocenters. The molecule has 1 rings (SSSR count). The first kappa shape index (κ1) is 12.1. The highest BCUT2D eigenvalue weighted by Gasteiger charge is 2.11. The van der Waals surface area contributed by atoms with E-state index < -0.39 is 5.82 Å². The average Bonchev–Trinajstić information content (AvgIpc) is 2.13. The fraction of sp³-hybridized carbons (Fsp3) is 0.455. The van der Waals surface area contributed by atoms with Gasteiger partial charge >= 0.3 is 0 Å². The minimum atomic E-state index is -0.489. The van der Waals surface area contributed by atoms with Crippen molar-refractivity contribution in [3.05, 3.63) is 23.0 Å². The van der Waals surface area contributed by atoms with E-state index in [1.54, 1.807) is 0 Å². The van der Waals surface area contributed by atoms with E-state index in [1.165, 1.54) is 12.1 Å². The second kappa shape index (κ2) is 4.71. The van der Waals surface area contributed by atoms with Gasteiger partial charge in [-0.05, 0) is 18.9 Å². The molecule has 0 saturated carbocycles. The highest BCUT2D eigenvalue weighted by Crippen LogP contribution is 2.27. The molecule has 0 saturated heterocycles. The molecular formula is C11H16ClFN2.